The molecule has 5 heteroatoms. The molecule has 0 fully saturated rings. The molecule has 4 nitrogen and oxygen atoms in total. The Bertz CT molecular complexity index is 626. The molecule has 0 amide bonds. The van der Waals surface area contributed by atoms with Gasteiger partial charge in [-0.2, -0.15) is 0 Å². The number of nitrogens with zero attached hydrogens (tertiary/aromatic N) is 1. The molecule has 1 N–H and O–H groups in total. The highest BCUT2D eigenvalue weighted by Crippen LogP contribution is 2.30. The molecule has 0 aliphatic heterocycles. The molecule has 2 aromatic carbocycles. The van der Waals surface area contributed by atoms with Gasteiger partial charge in [0.25, 0.3) is 0 Å². The second-order valence-corrected chi connectivity index (χ2v) is 5.14. The molecule has 0 spiro atoms. The van der Waals surface area contributed by atoms with Crippen molar-refractivity contribution < 1.29 is 14.6 Å². The largest absolute Gasteiger partial charge is 0.497 e. The van der Waals surface area contributed by atoms with Crippen molar-refractivity contribution in [3.63, 3.8) is 0 Å². The van der Waals surface area contributed by atoms with Gasteiger partial charge < -0.3 is 14.7 Å². The van der Waals surface area contributed by atoms with Gasteiger partial charge in [-0.05, 0) is 42.5 Å². The minimum Gasteiger partial charge on any atom is -0.497 e. The SMILES string of the molecule is COc1ccc(N(C)c2ccc(Br)cc2C(=O)O)cc1. The van der Waals surface area contributed by atoms with Gasteiger partial charge in [-0.25, -0.2) is 4.79 Å². The monoisotopic (exact) mass is 335 g/mol. The van der Waals surface area contributed by atoms with Crippen LogP contribution in [0.2, 0.25) is 0 Å². The van der Waals surface area contributed by atoms with Gasteiger partial charge in [0, 0.05) is 17.2 Å². The summed E-state index contributed by atoms with van der Waals surface area (Å²) in [5.41, 5.74) is 1.76. The maximum absolute atomic E-state index is 11.3. The van der Waals surface area contributed by atoms with Crippen LogP contribution in [-0.4, -0.2) is 25.2 Å². The van der Waals surface area contributed by atoms with Gasteiger partial charge in [0.05, 0.1) is 18.4 Å². The van der Waals surface area contributed by atoms with Crippen LogP contribution in [0.15, 0.2) is 46.9 Å². The van der Waals surface area contributed by atoms with Crippen LogP contribution in [0.25, 0.3) is 0 Å². The molecule has 2 aromatic rings. The first-order valence-electron chi connectivity index (χ1n) is 5.93. The summed E-state index contributed by atoms with van der Waals surface area (Å²) in [4.78, 5) is 13.2. The molecule has 0 unspecified atom stereocenters. The fourth-order valence-electron chi connectivity index (χ4n) is 1.92. The smallest absolute Gasteiger partial charge is 0.337 e. The van der Waals surface area contributed by atoms with E-state index in [-0.39, 0.29) is 5.56 Å². The average molecular weight is 336 g/mol. The predicted octanol–water partition coefficient (Wildman–Crippen LogP) is 3.92. The van der Waals surface area contributed by atoms with Gasteiger partial charge in [-0.3, -0.25) is 0 Å². The molecular formula is C15H14BrNO3. The summed E-state index contributed by atoms with van der Waals surface area (Å²) >= 11 is 3.29. The van der Waals surface area contributed by atoms with E-state index in [1.807, 2.05) is 42.3 Å². The van der Waals surface area contributed by atoms with Crippen LogP contribution >= 0.6 is 15.9 Å². The second-order valence-electron chi connectivity index (χ2n) is 4.22. The lowest BCUT2D eigenvalue weighted by Gasteiger charge is -2.21. The summed E-state index contributed by atoms with van der Waals surface area (Å²) in [7, 11) is 3.44. The minimum atomic E-state index is -0.957. The van der Waals surface area contributed by atoms with E-state index in [1.54, 1.807) is 19.2 Å². The fraction of sp³-hybridized carbons (Fsp3) is 0.133. The number of carbonyl (C=O) groups is 1. The van der Waals surface area contributed by atoms with Gasteiger partial charge in [0.2, 0.25) is 0 Å². The Morgan fingerprint density at radius 1 is 1.20 bits per heavy atom. The van der Waals surface area contributed by atoms with E-state index in [2.05, 4.69) is 15.9 Å². The van der Waals surface area contributed by atoms with Crippen molar-refractivity contribution in [2.24, 2.45) is 0 Å². The van der Waals surface area contributed by atoms with Crippen LogP contribution in [0.4, 0.5) is 11.4 Å². The highest BCUT2D eigenvalue weighted by atomic mass is 79.9. The summed E-state index contributed by atoms with van der Waals surface area (Å²) in [6.45, 7) is 0. The number of rotatable bonds is 4. The Balaban J connectivity index is 2.41. The van der Waals surface area contributed by atoms with Gasteiger partial charge in [0.1, 0.15) is 5.75 Å². The molecule has 0 saturated carbocycles. The molecule has 0 radical (unpaired) electrons. The third-order valence-corrected chi connectivity index (χ3v) is 3.50. The number of carboxylic acid groups (broad SMARTS) is 1. The summed E-state index contributed by atoms with van der Waals surface area (Å²) in [5, 5.41) is 9.30. The molecule has 0 bridgehead atoms. The first-order chi connectivity index (χ1) is 9.52. The third-order valence-electron chi connectivity index (χ3n) is 3.01. The lowest BCUT2D eigenvalue weighted by Crippen LogP contribution is -2.14. The van der Waals surface area contributed by atoms with E-state index in [9.17, 15) is 9.90 Å². The second kappa shape index (κ2) is 5.96. The van der Waals surface area contributed by atoms with Crippen molar-refractivity contribution in [3.8, 4) is 5.75 Å². The molecule has 20 heavy (non-hydrogen) atoms. The van der Waals surface area contributed by atoms with Crippen LogP contribution in [-0.2, 0) is 0 Å². The standard InChI is InChI=1S/C15H14BrNO3/c1-17(11-4-6-12(20-2)7-5-11)14-8-3-10(16)9-13(14)15(18)19/h3-9H,1-2H3,(H,18,19). The van der Waals surface area contributed by atoms with Crippen molar-refractivity contribution >= 4 is 33.3 Å². The van der Waals surface area contributed by atoms with Gasteiger partial charge >= 0.3 is 5.97 Å². The summed E-state index contributed by atoms with van der Waals surface area (Å²) in [6, 6.07) is 12.6. The summed E-state index contributed by atoms with van der Waals surface area (Å²) < 4.78 is 5.85. The first kappa shape index (κ1) is 14.4. The number of hydrogen-bond acceptors (Lipinski definition) is 3. The van der Waals surface area contributed by atoms with Crippen LogP contribution < -0.4 is 9.64 Å². The molecule has 0 atom stereocenters. The van der Waals surface area contributed by atoms with E-state index in [1.165, 1.54) is 0 Å². The third kappa shape index (κ3) is 2.93. The van der Waals surface area contributed by atoms with Crippen molar-refractivity contribution in [2.45, 2.75) is 0 Å². The molecular weight excluding hydrogens is 322 g/mol. The number of anilines is 2. The Kier molecular flexibility index (Phi) is 4.29. The van der Waals surface area contributed by atoms with E-state index < -0.39 is 5.97 Å². The Labute approximate surface area is 125 Å². The number of benzene rings is 2. The van der Waals surface area contributed by atoms with Crippen LogP contribution in [0.1, 0.15) is 10.4 Å². The first-order valence-corrected chi connectivity index (χ1v) is 6.73. The molecule has 2 rings (SSSR count). The van der Waals surface area contributed by atoms with Gasteiger partial charge in [-0.1, -0.05) is 15.9 Å². The van der Waals surface area contributed by atoms with Crippen molar-refractivity contribution in [1.82, 2.24) is 0 Å². The average Bonchev–Trinajstić information content (AvgIpc) is 2.46. The molecule has 0 aliphatic rings. The number of hydrogen-bond donors (Lipinski definition) is 1. The summed E-state index contributed by atoms with van der Waals surface area (Å²) in [6.07, 6.45) is 0. The van der Waals surface area contributed by atoms with Gasteiger partial charge in [-0.15, -0.1) is 0 Å². The molecule has 0 aromatic heterocycles. The Morgan fingerprint density at radius 2 is 1.85 bits per heavy atom. The zero-order valence-corrected chi connectivity index (χ0v) is 12.7. The lowest BCUT2D eigenvalue weighted by molar-refractivity contribution is 0.0697. The van der Waals surface area contributed by atoms with Crippen molar-refractivity contribution in [3.05, 3.63) is 52.5 Å². The number of ether oxygens (including phenoxy) is 1. The van der Waals surface area contributed by atoms with E-state index in [4.69, 9.17) is 4.74 Å². The Hall–Kier alpha value is -2.01. The maximum atomic E-state index is 11.3. The maximum Gasteiger partial charge on any atom is 0.337 e. The molecule has 104 valence electrons. The highest BCUT2D eigenvalue weighted by Gasteiger charge is 2.15. The van der Waals surface area contributed by atoms with Gasteiger partial charge in [0.15, 0.2) is 0 Å². The van der Waals surface area contributed by atoms with E-state index in [0.29, 0.717) is 5.69 Å². The fourth-order valence-corrected chi connectivity index (χ4v) is 2.28. The quantitative estimate of drug-likeness (QED) is 0.919. The molecule has 0 aliphatic carbocycles. The van der Waals surface area contributed by atoms with Crippen LogP contribution in [0.5, 0.6) is 5.75 Å². The number of methoxy groups -OCH3 is 1. The number of aromatic carboxylic acids is 1. The van der Waals surface area contributed by atoms with Crippen LogP contribution in [0.3, 0.4) is 0 Å². The van der Waals surface area contributed by atoms with E-state index >= 15 is 0 Å². The van der Waals surface area contributed by atoms with Crippen molar-refractivity contribution in [2.75, 3.05) is 19.1 Å². The zero-order chi connectivity index (χ0) is 14.7. The normalized spacial score (nSPS) is 10.2. The topological polar surface area (TPSA) is 49.8 Å². The molecule has 0 saturated heterocycles. The van der Waals surface area contributed by atoms with Crippen LogP contribution in [0, 0.1) is 0 Å². The lowest BCUT2D eigenvalue weighted by atomic mass is 10.1. The molecule has 0 heterocycles. The Morgan fingerprint density at radius 3 is 2.40 bits per heavy atom. The zero-order valence-electron chi connectivity index (χ0n) is 11.1. The highest BCUT2D eigenvalue weighted by molar-refractivity contribution is 9.10. The number of carboxylic acids is 1. The summed E-state index contributed by atoms with van der Waals surface area (Å²) in [5.74, 6) is -0.196. The van der Waals surface area contributed by atoms with Crippen molar-refractivity contribution in [1.29, 1.82) is 0 Å². The minimum absolute atomic E-state index is 0.248. The predicted molar refractivity (Wildman–Crippen MR) is 82.2 cm³/mol. The van der Waals surface area contributed by atoms with E-state index in [0.717, 1.165) is 15.9 Å². The number of halogens is 1.